The van der Waals surface area contributed by atoms with Gasteiger partial charge in [-0.3, -0.25) is 0 Å². The molecule has 0 spiro atoms. The lowest BCUT2D eigenvalue weighted by Gasteiger charge is -2.46. The zero-order chi connectivity index (χ0) is 40.3. The van der Waals surface area contributed by atoms with Gasteiger partial charge in [-0.15, -0.1) is 6.58 Å². The van der Waals surface area contributed by atoms with Gasteiger partial charge in [0, 0.05) is 5.82 Å². The monoisotopic (exact) mass is 778 g/mol. The maximum absolute atomic E-state index is 14.8. The summed E-state index contributed by atoms with van der Waals surface area (Å²) in [5.74, 6) is -2.46. The average Bonchev–Trinajstić information content (AvgIpc) is 3.54. The minimum absolute atomic E-state index is 0.271. The quantitative estimate of drug-likeness (QED) is 0.0602. The van der Waals surface area contributed by atoms with Crippen molar-refractivity contribution < 1.29 is 31.3 Å². The fraction of sp³-hybridized carbons (Fsp3) is 0.319. The van der Waals surface area contributed by atoms with Gasteiger partial charge in [0.05, 0.1) is 6.10 Å². The molecule has 0 aliphatic carbocycles. The Morgan fingerprint density at radius 2 is 0.911 bits per heavy atom. The summed E-state index contributed by atoms with van der Waals surface area (Å²) in [6.45, 7) is 17.8. The first-order valence-corrected chi connectivity index (χ1v) is 21.7. The Hall–Kier alpha value is -4.28. The minimum atomic E-state index is -2.54. The largest absolute Gasteiger partial charge is 0.468 e. The highest BCUT2D eigenvalue weighted by molar-refractivity contribution is 6.77. The molecule has 1 saturated heterocycles. The van der Waals surface area contributed by atoms with E-state index >= 15 is 0 Å². The van der Waals surface area contributed by atoms with Crippen molar-refractivity contribution in [2.24, 2.45) is 0 Å². The van der Waals surface area contributed by atoms with Gasteiger partial charge in [-0.1, -0.05) is 126 Å². The van der Waals surface area contributed by atoms with Gasteiger partial charge < -0.3 is 13.7 Å². The van der Waals surface area contributed by atoms with Gasteiger partial charge in [-0.25, -0.2) is 17.6 Å². The first-order valence-electron chi connectivity index (χ1n) is 19.5. The molecule has 5 aromatic rings. The predicted octanol–water partition coefficient (Wildman–Crippen LogP) is 12.7. The second-order valence-corrected chi connectivity index (χ2v) is 21.2. The summed E-state index contributed by atoms with van der Waals surface area (Å²) >= 11 is 0. The molecule has 0 saturated carbocycles. The van der Waals surface area contributed by atoms with E-state index in [0.717, 1.165) is 5.56 Å². The summed E-state index contributed by atoms with van der Waals surface area (Å²) < 4.78 is 81.8. The Labute approximate surface area is 331 Å². The number of hydrogen-bond acceptors (Lipinski definition) is 3. The van der Waals surface area contributed by atoms with Crippen LogP contribution in [0.3, 0.4) is 0 Å². The molecule has 1 heterocycles. The number of hydrogen-bond donors (Lipinski definition) is 0. The summed E-state index contributed by atoms with van der Waals surface area (Å²) in [6.07, 6.45) is 2.72. The molecule has 0 amide bonds. The molecule has 0 aromatic heterocycles. The number of aryl methyl sites for hydroxylation is 1. The molecule has 292 valence electrons. The Morgan fingerprint density at radius 3 is 1.21 bits per heavy atom. The van der Waals surface area contributed by atoms with Gasteiger partial charge in [-0.05, 0) is 106 Å². The lowest BCUT2D eigenvalue weighted by Crippen LogP contribution is -2.52. The third-order valence-corrected chi connectivity index (χ3v) is 17.8. The molecular weight excluding hydrogens is 727 g/mol. The highest BCUT2D eigenvalue weighted by atomic mass is 28.4. The van der Waals surface area contributed by atoms with Crippen LogP contribution >= 0.6 is 0 Å². The Balaban J connectivity index is 1.64. The third kappa shape index (κ3) is 7.59. The van der Waals surface area contributed by atoms with Crippen LogP contribution in [0.25, 0.3) is 0 Å². The van der Waals surface area contributed by atoms with Crippen LogP contribution in [0.4, 0.5) is 17.6 Å². The molecule has 1 aliphatic heterocycles. The van der Waals surface area contributed by atoms with E-state index in [1.54, 1.807) is 48.5 Å². The molecule has 3 nitrogen and oxygen atoms in total. The normalized spacial score (nSPS) is 16.4. The first-order chi connectivity index (χ1) is 26.8. The molecule has 9 heteroatoms. The molecule has 0 radical (unpaired) electrons. The lowest BCUT2D eigenvalue weighted by molar-refractivity contribution is 0.00351. The molecular formula is C47H51BF4O3Si. The molecule has 6 rings (SSSR count). The second-order valence-electron chi connectivity index (χ2n) is 15.8. The van der Waals surface area contributed by atoms with E-state index < -0.39 is 61.8 Å². The molecule has 2 atom stereocenters. The van der Waals surface area contributed by atoms with E-state index in [9.17, 15) is 17.6 Å². The van der Waals surface area contributed by atoms with Crippen LogP contribution in [0.5, 0.6) is 0 Å². The van der Waals surface area contributed by atoms with E-state index in [4.69, 9.17) is 13.7 Å². The summed E-state index contributed by atoms with van der Waals surface area (Å²) in [6, 6.07) is 33.9. The van der Waals surface area contributed by atoms with E-state index in [-0.39, 0.29) is 16.6 Å². The lowest BCUT2D eigenvalue weighted by atomic mass is 9.66. The van der Waals surface area contributed by atoms with E-state index in [0.29, 0.717) is 35.1 Å². The molecule has 0 N–H and O–H groups in total. The van der Waals surface area contributed by atoms with Crippen LogP contribution in [0.2, 0.25) is 22.4 Å². The molecule has 1 aliphatic rings. The Kier molecular flexibility index (Phi) is 12.6. The number of halogens is 4. The second kappa shape index (κ2) is 17.1. The minimum Gasteiger partial charge on any atom is -0.413 e. The maximum Gasteiger partial charge on any atom is 0.468 e. The Bertz CT molecular complexity index is 1820. The van der Waals surface area contributed by atoms with E-state index in [1.807, 2.05) is 24.3 Å². The standard InChI is InChI=1S/C47H51BF4O3Si/c1-8-44(45(31-14-35-12-10-9-11-13-35)53-56(32(2)3,33(4)5)34(6)7)48-54-46(36-15-23-40(49)24-16-36,37-17-25-41(50)26-18-37)47(55-48,38-19-27-42(51)28-20-38)39-21-29-43(52)30-22-39/h8-13,15-30,32-34,44-45H,1,14,31H2,2-7H3/t44-,45+/m1/s1. The zero-order valence-electron chi connectivity index (χ0n) is 33.0. The fourth-order valence-corrected chi connectivity index (χ4v) is 14.9. The van der Waals surface area contributed by atoms with Gasteiger partial charge >= 0.3 is 7.12 Å². The number of rotatable bonds is 15. The summed E-state index contributed by atoms with van der Waals surface area (Å²) in [5.41, 5.74) is 0.589. The zero-order valence-corrected chi connectivity index (χ0v) is 34.0. The maximum atomic E-state index is 14.8. The average molecular weight is 779 g/mol. The van der Waals surface area contributed by atoms with Crippen LogP contribution < -0.4 is 0 Å². The summed E-state index contributed by atoms with van der Waals surface area (Å²) in [7, 11) is -3.61. The SMILES string of the molecule is C=C[C@@H](B1OC(c2ccc(F)cc2)(c2ccc(F)cc2)C(c2ccc(F)cc2)(c2ccc(F)cc2)O1)[C@H](CCc1ccccc1)O[Si](C(C)C)(C(C)C)C(C)C. The van der Waals surface area contributed by atoms with Gasteiger partial charge in [0.1, 0.15) is 34.5 Å². The van der Waals surface area contributed by atoms with Crippen LogP contribution in [0.15, 0.2) is 140 Å². The van der Waals surface area contributed by atoms with Crippen LogP contribution in [0, 0.1) is 23.3 Å². The number of benzene rings is 5. The highest BCUT2D eigenvalue weighted by Crippen LogP contribution is 2.61. The molecule has 5 aromatic carbocycles. The Morgan fingerprint density at radius 1 is 0.571 bits per heavy atom. The molecule has 56 heavy (non-hydrogen) atoms. The molecule has 0 bridgehead atoms. The van der Waals surface area contributed by atoms with Crippen molar-refractivity contribution in [2.45, 2.75) is 94.1 Å². The summed E-state index contributed by atoms with van der Waals surface area (Å²) in [5, 5.41) is 0. The predicted molar refractivity (Wildman–Crippen MR) is 220 cm³/mol. The van der Waals surface area contributed by atoms with Crippen molar-refractivity contribution in [3.8, 4) is 0 Å². The van der Waals surface area contributed by atoms with Crippen molar-refractivity contribution in [3.05, 3.63) is 191 Å². The third-order valence-electron chi connectivity index (χ3n) is 11.7. The van der Waals surface area contributed by atoms with Crippen molar-refractivity contribution in [1.29, 1.82) is 0 Å². The smallest absolute Gasteiger partial charge is 0.413 e. The fourth-order valence-electron chi connectivity index (χ4n) is 9.24. The molecule has 1 fully saturated rings. The van der Waals surface area contributed by atoms with Crippen molar-refractivity contribution >= 4 is 15.4 Å². The van der Waals surface area contributed by atoms with E-state index in [1.165, 1.54) is 48.5 Å². The van der Waals surface area contributed by atoms with Crippen LogP contribution in [0.1, 0.15) is 75.8 Å². The highest BCUT2D eigenvalue weighted by Gasteiger charge is 2.67. The summed E-state index contributed by atoms with van der Waals surface area (Å²) in [4.78, 5) is 0. The van der Waals surface area contributed by atoms with Gasteiger partial charge in [0.2, 0.25) is 8.32 Å². The first kappa shape index (κ1) is 41.4. The van der Waals surface area contributed by atoms with Crippen LogP contribution in [-0.4, -0.2) is 21.5 Å². The van der Waals surface area contributed by atoms with Crippen LogP contribution in [-0.2, 0) is 31.4 Å². The van der Waals surface area contributed by atoms with Crippen molar-refractivity contribution in [1.82, 2.24) is 0 Å². The van der Waals surface area contributed by atoms with Gasteiger partial charge in [-0.2, -0.15) is 0 Å². The van der Waals surface area contributed by atoms with Gasteiger partial charge in [0.25, 0.3) is 0 Å². The molecule has 0 unspecified atom stereocenters. The van der Waals surface area contributed by atoms with Crippen molar-refractivity contribution in [3.63, 3.8) is 0 Å². The van der Waals surface area contributed by atoms with Crippen molar-refractivity contribution in [2.75, 3.05) is 0 Å². The van der Waals surface area contributed by atoms with E-state index in [2.05, 4.69) is 60.3 Å². The topological polar surface area (TPSA) is 27.7 Å². The van der Waals surface area contributed by atoms with Gasteiger partial charge in [0.15, 0.2) is 0 Å².